The number of amides is 1. The molecule has 1 amide bonds. The van der Waals surface area contributed by atoms with Gasteiger partial charge in [-0.3, -0.25) is 4.79 Å². The summed E-state index contributed by atoms with van der Waals surface area (Å²) >= 11 is 1.26. The van der Waals surface area contributed by atoms with Gasteiger partial charge in [-0.1, -0.05) is 0 Å². The minimum absolute atomic E-state index is 0.0459. The van der Waals surface area contributed by atoms with E-state index in [0.29, 0.717) is 16.4 Å². The number of nitrogens with one attached hydrogen (secondary N) is 1. The molecule has 1 aliphatic rings. The predicted molar refractivity (Wildman–Crippen MR) is 84.1 cm³/mol. The number of nitrogens with two attached hydrogens (primary N) is 1. The van der Waals surface area contributed by atoms with E-state index in [-0.39, 0.29) is 23.8 Å². The number of hydrogen-bond acceptors (Lipinski definition) is 6. The van der Waals surface area contributed by atoms with Crippen LogP contribution in [-0.4, -0.2) is 26.4 Å². The number of rotatable bonds is 4. The average molecular weight is 338 g/mol. The summed E-state index contributed by atoms with van der Waals surface area (Å²) in [4.78, 5) is 17.3. The lowest BCUT2D eigenvalue weighted by Gasteiger charge is -2.11. The molecule has 3 rings (SSSR count). The lowest BCUT2D eigenvalue weighted by atomic mass is 10.2. The van der Waals surface area contributed by atoms with Crippen molar-refractivity contribution < 1.29 is 13.2 Å². The van der Waals surface area contributed by atoms with Crippen molar-refractivity contribution >= 4 is 38.1 Å². The van der Waals surface area contributed by atoms with Crippen LogP contribution in [0, 0.1) is 0 Å². The smallest absolute Gasteiger partial charge is 0.240 e. The zero-order valence-electron chi connectivity index (χ0n) is 11.7. The van der Waals surface area contributed by atoms with E-state index in [2.05, 4.69) is 9.71 Å². The summed E-state index contributed by atoms with van der Waals surface area (Å²) in [7, 11) is -1.99. The van der Waals surface area contributed by atoms with Crippen molar-refractivity contribution in [2.45, 2.75) is 17.9 Å². The summed E-state index contributed by atoms with van der Waals surface area (Å²) in [6.07, 6.45) is 0.220. The fraction of sp³-hybridized carbons (Fsp3) is 0.231. The molecule has 2 aromatic rings. The monoisotopic (exact) mass is 338 g/mol. The third-order valence-electron chi connectivity index (χ3n) is 3.45. The number of carbonyl (C=O) groups excluding carboxylic acids is 1. The summed E-state index contributed by atoms with van der Waals surface area (Å²) in [6, 6.07) is 4.68. The second kappa shape index (κ2) is 5.34. The van der Waals surface area contributed by atoms with Crippen molar-refractivity contribution in [2.75, 3.05) is 17.7 Å². The number of nitrogens with zero attached hydrogens (tertiary/aromatic N) is 2. The summed E-state index contributed by atoms with van der Waals surface area (Å²) in [5.41, 5.74) is 7.54. The first-order valence-corrected chi connectivity index (χ1v) is 8.82. The Kier molecular flexibility index (Phi) is 3.63. The van der Waals surface area contributed by atoms with Crippen LogP contribution in [0.15, 0.2) is 28.5 Å². The molecule has 0 bridgehead atoms. The Morgan fingerprint density at radius 3 is 2.91 bits per heavy atom. The van der Waals surface area contributed by atoms with Crippen LogP contribution in [0.4, 0.5) is 10.8 Å². The van der Waals surface area contributed by atoms with Crippen molar-refractivity contribution in [3.05, 3.63) is 34.8 Å². The average Bonchev–Trinajstić information content (AvgIpc) is 3.01. The molecule has 0 saturated carbocycles. The highest BCUT2D eigenvalue weighted by Gasteiger charge is 2.26. The Balaban J connectivity index is 1.81. The molecule has 22 heavy (non-hydrogen) atoms. The number of thiazole rings is 1. The number of sulfonamides is 1. The highest BCUT2D eigenvalue weighted by atomic mass is 32.2. The molecule has 0 saturated heterocycles. The minimum Gasteiger partial charge on any atom is -0.375 e. The molecule has 0 fully saturated rings. The molecule has 0 radical (unpaired) electrons. The van der Waals surface area contributed by atoms with Gasteiger partial charge >= 0.3 is 0 Å². The van der Waals surface area contributed by atoms with Gasteiger partial charge in [0.2, 0.25) is 15.9 Å². The molecule has 1 aromatic carbocycles. The van der Waals surface area contributed by atoms with E-state index >= 15 is 0 Å². The molecule has 1 aromatic heterocycles. The lowest BCUT2D eigenvalue weighted by Crippen LogP contribution is -2.23. The van der Waals surface area contributed by atoms with Crippen LogP contribution in [0.5, 0.6) is 0 Å². The largest absolute Gasteiger partial charge is 0.375 e. The molecule has 2 heterocycles. The molecular formula is C13H14N4O3S2. The Bertz CT molecular complexity index is 845. The molecular weight excluding hydrogens is 324 g/mol. The Labute approximate surface area is 131 Å². The van der Waals surface area contributed by atoms with Gasteiger partial charge in [0.1, 0.15) is 0 Å². The first-order valence-electron chi connectivity index (χ1n) is 6.46. The quantitative estimate of drug-likeness (QED) is 0.855. The van der Waals surface area contributed by atoms with Crippen LogP contribution in [0.25, 0.3) is 0 Å². The number of anilines is 2. The first-order chi connectivity index (χ1) is 10.4. The van der Waals surface area contributed by atoms with Crippen LogP contribution in [0.1, 0.15) is 11.3 Å². The molecule has 116 valence electrons. The highest BCUT2D eigenvalue weighted by molar-refractivity contribution is 7.89. The molecule has 0 spiro atoms. The summed E-state index contributed by atoms with van der Waals surface area (Å²) in [5.74, 6) is -0.0459. The summed E-state index contributed by atoms with van der Waals surface area (Å²) in [5, 5.41) is 2.10. The number of aromatic nitrogens is 1. The van der Waals surface area contributed by atoms with Crippen molar-refractivity contribution in [1.29, 1.82) is 0 Å². The van der Waals surface area contributed by atoms with Crippen LogP contribution >= 0.6 is 11.3 Å². The lowest BCUT2D eigenvalue weighted by molar-refractivity contribution is -0.117. The number of benzene rings is 1. The Morgan fingerprint density at radius 1 is 1.45 bits per heavy atom. The predicted octanol–water partition coefficient (Wildman–Crippen LogP) is 0.723. The standard InChI is InChI=1S/C13H14N4O3S2/c1-17-11-3-2-10(4-8(11)5-12(17)18)22(19,20)15-6-9-7-21-13(14)16-9/h2-4,7,15H,5-6H2,1H3,(H2,14,16). The fourth-order valence-electron chi connectivity index (χ4n) is 2.27. The minimum atomic E-state index is -3.66. The molecule has 0 unspecified atom stereocenters. The van der Waals surface area contributed by atoms with Gasteiger partial charge in [0.05, 0.1) is 23.6 Å². The van der Waals surface area contributed by atoms with Crippen molar-refractivity contribution in [3.63, 3.8) is 0 Å². The second-order valence-electron chi connectivity index (χ2n) is 4.92. The summed E-state index contributed by atoms with van der Waals surface area (Å²) < 4.78 is 27.1. The fourth-order valence-corrected chi connectivity index (χ4v) is 3.88. The van der Waals surface area contributed by atoms with Crippen molar-refractivity contribution in [2.24, 2.45) is 0 Å². The Morgan fingerprint density at radius 2 is 2.23 bits per heavy atom. The van der Waals surface area contributed by atoms with Gasteiger partial charge in [0.25, 0.3) is 0 Å². The normalized spacial score (nSPS) is 14.4. The molecule has 1 aliphatic heterocycles. The van der Waals surface area contributed by atoms with E-state index in [1.165, 1.54) is 28.4 Å². The van der Waals surface area contributed by atoms with E-state index < -0.39 is 10.0 Å². The third-order valence-corrected chi connectivity index (χ3v) is 5.57. The molecule has 7 nitrogen and oxygen atoms in total. The maximum absolute atomic E-state index is 12.3. The second-order valence-corrected chi connectivity index (χ2v) is 7.58. The van der Waals surface area contributed by atoms with Gasteiger partial charge in [0.15, 0.2) is 5.13 Å². The number of fused-ring (bicyclic) bond motifs is 1. The SMILES string of the molecule is CN1C(=O)Cc2cc(S(=O)(=O)NCc3csc(N)n3)ccc21. The molecule has 0 atom stereocenters. The molecule has 3 N–H and O–H groups in total. The molecule has 9 heteroatoms. The van der Waals surface area contributed by atoms with Gasteiger partial charge in [-0.15, -0.1) is 11.3 Å². The van der Waals surface area contributed by atoms with Crippen LogP contribution < -0.4 is 15.4 Å². The van der Waals surface area contributed by atoms with Gasteiger partial charge < -0.3 is 10.6 Å². The van der Waals surface area contributed by atoms with E-state index in [1.54, 1.807) is 18.5 Å². The van der Waals surface area contributed by atoms with Crippen LogP contribution in [-0.2, 0) is 27.8 Å². The number of hydrogen-bond donors (Lipinski definition) is 2. The van der Waals surface area contributed by atoms with E-state index in [0.717, 1.165) is 5.69 Å². The van der Waals surface area contributed by atoms with Crippen LogP contribution in [0.3, 0.4) is 0 Å². The number of nitrogen functional groups attached to an aromatic ring is 1. The topological polar surface area (TPSA) is 105 Å². The zero-order valence-corrected chi connectivity index (χ0v) is 13.4. The van der Waals surface area contributed by atoms with Crippen molar-refractivity contribution in [1.82, 2.24) is 9.71 Å². The van der Waals surface area contributed by atoms with E-state index in [1.807, 2.05) is 0 Å². The number of likely N-dealkylation sites (N-methyl/N-ethyl adjacent to an activating group) is 1. The number of carbonyl (C=O) groups is 1. The van der Waals surface area contributed by atoms with E-state index in [9.17, 15) is 13.2 Å². The van der Waals surface area contributed by atoms with E-state index in [4.69, 9.17) is 5.73 Å². The Hall–Kier alpha value is -1.97. The van der Waals surface area contributed by atoms with Crippen molar-refractivity contribution in [3.8, 4) is 0 Å². The zero-order chi connectivity index (χ0) is 15.9. The highest BCUT2D eigenvalue weighted by Crippen LogP contribution is 2.29. The maximum Gasteiger partial charge on any atom is 0.240 e. The summed E-state index contributed by atoms with van der Waals surface area (Å²) in [6.45, 7) is 0.0753. The van der Waals surface area contributed by atoms with Crippen LogP contribution in [0.2, 0.25) is 0 Å². The van der Waals surface area contributed by atoms with Gasteiger partial charge in [0, 0.05) is 18.1 Å². The molecule has 0 aliphatic carbocycles. The van der Waals surface area contributed by atoms with Gasteiger partial charge in [-0.25, -0.2) is 18.1 Å². The van der Waals surface area contributed by atoms with Gasteiger partial charge in [-0.05, 0) is 23.8 Å². The first kappa shape index (κ1) is 14.9. The third kappa shape index (κ3) is 2.70. The van der Waals surface area contributed by atoms with Gasteiger partial charge in [-0.2, -0.15) is 0 Å². The maximum atomic E-state index is 12.3.